The maximum absolute atomic E-state index is 13.5. The third kappa shape index (κ3) is 4.52. The van der Waals surface area contributed by atoms with Gasteiger partial charge in [0.15, 0.2) is 0 Å². The molecular weight excluding hydrogens is 323 g/mol. The zero-order valence-corrected chi connectivity index (χ0v) is 13.2. The third-order valence-electron chi connectivity index (χ3n) is 3.66. The predicted molar refractivity (Wildman–Crippen MR) is 82.0 cm³/mol. The second-order valence-electron chi connectivity index (χ2n) is 5.20. The van der Waals surface area contributed by atoms with Gasteiger partial charge in [-0.05, 0) is 53.4 Å². The first-order valence-electron chi connectivity index (χ1n) is 7.17. The van der Waals surface area contributed by atoms with Crippen LogP contribution in [0.15, 0.2) is 22.7 Å². The highest BCUT2D eigenvalue weighted by Gasteiger charge is 2.20. The smallest absolute Gasteiger partial charge is 0.137 e. The third-order valence-corrected chi connectivity index (χ3v) is 4.55. The first kappa shape index (κ1) is 15.9. The van der Waals surface area contributed by atoms with Gasteiger partial charge in [0.25, 0.3) is 0 Å². The fourth-order valence-corrected chi connectivity index (χ4v) is 2.87. The van der Waals surface area contributed by atoms with E-state index in [9.17, 15) is 4.39 Å². The van der Waals surface area contributed by atoms with Crippen molar-refractivity contribution in [3.05, 3.63) is 34.1 Å². The van der Waals surface area contributed by atoms with E-state index in [1.54, 1.807) is 6.07 Å². The Labute approximate surface area is 128 Å². The maximum Gasteiger partial charge on any atom is 0.137 e. The van der Waals surface area contributed by atoms with Gasteiger partial charge in [-0.3, -0.25) is 4.90 Å². The van der Waals surface area contributed by atoms with Gasteiger partial charge >= 0.3 is 0 Å². The van der Waals surface area contributed by atoms with Crippen LogP contribution in [0, 0.1) is 5.82 Å². The van der Waals surface area contributed by atoms with E-state index in [2.05, 4.69) is 20.8 Å². The molecule has 3 nitrogen and oxygen atoms in total. The number of hydrogen-bond acceptors (Lipinski definition) is 3. The summed E-state index contributed by atoms with van der Waals surface area (Å²) in [6, 6.07) is 5.21. The van der Waals surface area contributed by atoms with Gasteiger partial charge in [0, 0.05) is 26.2 Å². The quantitative estimate of drug-likeness (QED) is 0.806. The second kappa shape index (κ2) is 8.08. The van der Waals surface area contributed by atoms with Crippen molar-refractivity contribution in [2.45, 2.75) is 31.9 Å². The lowest BCUT2D eigenvalue weighted by atomic mass is 10.1. The van der Waals surface area contributed by atoms with Gasteiger partial charge in [0.1, 0.15) is 5.82 Å². The predicted octanol–water partition coefficient (Wildman–Crippen LogP) is 2.92. The maximum atomic E-state index is 13.5. The van der Waals surface area contributed by atoms with Gasteiger partial charge in [0.2, 0.25) is 0 Å². The summed E-state index contributed by atoms with van der Waals surface area (Å²) in [6.07, 6.45) is 3.36. The normalized spacial score (nSPS) is 17.6. The highest BCUT2D eigenvalue weighted by molar-refractivity contribution is 9.10. The van der Waals surface area contributed by atoms with Crippen LogP contribution in [-0.2, 0) is 11.3 Å². The van der Waals surface area contributed by atoms with Gasteiger partial charge in [-0.25, -0.2) is 4.39 Å². The summed E-state index contributed by atoms with van der Waals surface area (Å²) in [4.78, 5) is 2.35. The van der Waals surface area contributed by atoms with E-state index in [1.165, 1.54) is 6.07 Å². The summed E-state index contributed by atoms with van der Waals surface area (Å²) in [7, 11) is 0. The number of rotatable bonds is 6. The number of likely N-dealkylation sites (tertiary alicyclic amines) is 1. The Kier molecular flexibility index (Phi) is 6.42. The van der Waals surface area contributed by atoms with E-state index < -0.39 is 0 Å². The molecule has 0 spiro atoms. The van der Waals surface area contributed by atoms with Gasteiger partial charge < -0.3 is 10.5 Å². The molecule has 1 saturated heterocycles. The molecule has 2 N–H and O–H groups in total. The van der Waals surface area contributed by atoms with Gasteiger partial charge in [-0.2, -0.15) is 0 Å². The molecule has 2 rings (SSSR count). The standard InChI is InChI=1S/C15H22BrFN2O/c16-15-12(3-1-4-14(15)17)11-19-8-5-13(6-9-19)20-10-2-7-18/h1,3-4,13H,2,5-11,18H2. The minimum Gasteiger partial charge on any atom is -0.378 e. The van der Waals surface area contributed by atoms with Gasteiger partial charge in [-0.15, -0.1) is 0 Å². The number of hydrogen-bond donors (Lipinski definition) is 1. The topological polar surface area (TPSA) is 38.5 Å². The number of halogens is 2. The Morgan fingerprint density at radius 1 is 1.35 bits per heavy atom. The van der Waals surface area contributed by atoms with Crippen LogP contribution in [0.3, 0.4) is 0 Å². The van der Waals surface area contributed by atoms with Crippen molar-refractivity contribution in [3.63, 3.8) is 0 Å². The molecule has 1 aliphatic heterocycles. The molecule has 0 aromatic heterocycles. The Morgan fingerprint density at radius 3 is 2.80 bits per heavy atom. The van der Waals surface area contributed by atoms with Crippen LogP contribution in [0.5, 0.6) is 0 Å². The molecule has 112 valence electrons. The minimum atomic E-state index is -0.192. The number of ether oxygens (including phenoxy) is 1. The molecule has 0 amide bonds. The van der Waals surface area contributed by atoms with Crippen LogP contribution in [-0.4, -0.2) is 37.2 Å². The van der Waals surface area contributed by atoms with E-state index >= 15 is 0 Å². The molecule has 20 heavy (non-hydrogen) atoms. The van der Waals surface area contributed by atoms with Crippen LogP contribution in [0.25, 0.3) is 0 Å². The van der Waals surface area contributed by atoms with Gasteiger partial charge in [0.05, 0.1) is 10.6 Å². The molecule has 1 aliphatic rings. The zero-order chi connectivity index (χ0) is 14.4. The van der Waals surface area contributed by atoms with Crippen LogP contribution < -0.4 is 5.73 Å². The number of nitrogens with zero attached hydrogens (tertiary/aromatic N) is 1. The van der Waals surface area contributed by atoms with Crippen molar-refractivity contribution in [2.24, 2.45) is 5.73 Å². The fraction of sp³-hybridized carbons (Fsp3) is 0.600. The zero-order valence-electron chi connectivity index (χ0n) is 11.7. The highest BCUT2D eigenvalue weighted by atomic mass is 79.9. The second-order valence-corrected chi connectivity index (χ2v) is 5.99. The molecule has 1 aromatic carbocycles. The average molecular weight is 345 g/mol. The lowest BCUT2D eigenvalue weighted by Gasteiger charge is -2.32. The Morgan fingerprint density at radius 2 is 2.10 bits per heavy atom. The van der Waals surface area contributed by atoms with Crippen molar-refractivity contribution in [2.75, 3.05) is 26.2 Å². The average Bonchev–Trinajstić information content (AvgIpc) is 2.46. The van der Waals surface area contributed by atoms with E-state index in [4.69, 9.17) is 10.5 Å². The van der Waals surface area contributed by atoms with Crippen molar-refractivity contribution in [1.29, 1.82) is 0 Å². The molecular formula is C15H22BrFN2O. The summed E-state index contributed by atoms with van der Waals surface area (Å²) in [5, 5.41) is 0. The Bertz CT molecular complexity index is 422. The first-order chi connectivity index (χ1) is 9.70. The fourth-order valence-electron chi connectivity index (χ4n) is 2.48. The SMILES string of the molecule is NCCCOC1CCN(Cc2cccc(F)c2Br)CC1. The summed E-state index contributed by atoms with van der Waals surface area (Å²) < 4.78 is 19.8. The molecule has 5 heteroatoms. The molecule has 0 saturated carbocycles. The Balaban J connectivity index is 1.78. The van der Waals surface area contributed by atoms with E-state index in [0.29, 0.717) is 17.1 Å². The molecule has 0 radical (unpaired) electrons. The lowest BCUT2D eigenvalue weighted by Crippen LogP contribution is -2.36. The first-order valence-corrected chi connectivity index (χ1v) is 7.97. The molecule has 1 aromatic rings. The molecule has 1 fully saturated rings. The van der Waals surface area contributed by atoms with Crippen molar-refractivity contribution in [1.82, 2.24) is 4.90 Å². The van der Waals surface area contributed by atoms with E-state index in [0.717, 1.165) is 51.1 Å². The summed E-state index contributed by atoms with van der Waals surface area (Å²) in [5.74, 6) is -0.192. The van der Waals surface area contributed by atoms with Gasteiger partial charge in [-0.1, -0.05) is 12.1 Å². The van der Waals surface area contributed by atoms with Crippen molar-refractivity contribution >= 4 is 15.9 Å². The van der Waals surface area contributed by atoms with Crippen LogP contribution >= 0.6 is 15.9 Å². The number of benzene rings is 1. The van der Waals surface area contributed by atoms with E-state index in [-0.39, 0.29) is 5.82 Å². The molecule has 0 atom stereocenters. The lowest BCUT2D eigenvalue weighted by molar-refractivity contribution is 0.00558. The van der Waals surface area contributed by atoms with Crippen LogP contribution in [0.4, 0.5) is 4.39 Å². The van der Waals surface area contributed by atoms with Crippen LogP contribution in [0.1, 0.15) is 24.8 Å². The van der Waals surface area contributed by atoms with Crippen molar-refractivity contribution < 1.29 is 9.13 Å². The summed E-state index contributed by atoms with van der Waals surface area (Å²) in [5.41, 5.74) is 6.46. The van der Waals surface area contributed by atoms with Crippen LogP contribution in [0.2, 0.25) is 0 Å². The van der Waals surface area contributed by atoms with Crippen molar-refractivity contribution in [3.8, 4) is 0 Å². The summed E-state index contributed by atoms with van der Waals surface area (Å²) >= 11 is 3.32. The minimum absolute atomic E-state index is 0.192. The summed E-state index contributed by atoms with van der Waals surface area (Å²) in [6.45, 7) is 4.23. The van der Waals surface area contributed by atoms with E-state index in [1.807, 2.05) is 6.07 Å². The molecule has 1 heterocycles. The number of piperidine rings is 1. The molecule has 0 unspecified atom stereocenters. The largest absolute Gasteiger partial charge is 0.378 e. The Hall–Kier alpha value is -0.490. The molecule has 0 aliphatic carbocycles. The monoisotopic (exact) mass is 344 g/mol. The highest BCUT2D eigenvalue weighted by Crippen LogP contribution is 2.23. The molecule has 0 bridgehead atoms. The number of nitrogens with two attached hydrogens (primary N) is 1.